The van der Waals surface area contributed by atoms with Crippen molar-refractivity contribution in [2.24, 2.45) is 0 Å². The maximum Gasteiger partial charge on any atom is 0.394 e. The summed E-state index contributed by atoms with van der Waals surface area (Å²) in [5, 5.41) is 9.89. The number of ether oxygens (including phenoxy) is 1. The zero-order valence-corrected chi connectivity index (χ0v) is 13.8. The van der Waals surface area contributed by atoms with E-state index < -0.39 is 0 Å². The summed E-state index contributed by atoms with van der Waals surface area (Å²) in [5.74, 6) is 0.0581. The SMILES string of the molecule is CCCCCCOc1nc2c(O)c(Br)cc(Br)c2o1. The first kappa shape index (κ1) is 14.7. The molecule has 0 aliphatic rings. The molecule has 0 aliphatic heterocycles. The highest BCUT2D eigenvalue weighted by Crippen LogP contribution is 2.39. The molecule has 1 heterocycles. The molecule has 1 aromatic carbocycles. The van der Waals surface area contributed by atoms with Gasteiger partial charge in [0.15, 0.2) is 16.8 Å². The number of hydrogen-bond donors (Lipinski definition) is 1. The number of rotatable bonds is 6. The van der Waals surface area contributed by atoms with Crippen LogP contribution in [0.25, 0.3) is 11.1 Å². The number of halogens is 2. The molecule has 104 valence electrons. The van der Waals surface area contributed by atoms with Crippen LogP contribution in [0.15, 0.2) is 19.4 Å². The molecule has 1 N–H and O–H groups in total. The summed E-state index contributed by atoms with van der Waals surface area (Å²) >= 11 is 6.62. The Morgan fingerprint density at radius 1 is 1.26 bits per heavy atom. The largest absolute Gasteiger partial charge is 0.504 e. The van der Waals surface area contributed by atoms with E-state index in [-0.39, 0.29) is 11.8 Å². The number of unbranched alkanes of at least 4 members (excludes halogenated alkanes) is 3. The first-order valence-electron chi connectivity index (χ1n) is 6.23. The van der Waals surface area contributed by atoms with Crippen molar-refractivity contribution in [2.75, 3.05) is 6.61 Å². The van der Waals surface area contributed by atoms with Crippen LogP contribution in [0.1, 0.15) is 32.6 Å². The molecule has 0 spiro atoms. The Bertz CT molecular complexity index is 569. The van der Waals surface area contributed by atoms with E-state index in [1.165, 1.54) is 12.8 Å². The van der Waals surface area contributed by atoms with Gasteiger partial charge in [-0.25, -0.2) is 0 Å². The molecule has 2 rings (SSSR count). The molecule has 1 aromatic heterocycles. The lowest BCUT2D eigenvalue weighted by Gasteiger charge is -1.99. The summed E-state index contributed by atoms with van der Waals surface area (Å²) in [6.45, 7) is 2.74. The number of nitrogens with zero attached hydrogens (tertiary/aromatic N) is 1. The highest BCUT2D eigenvalue weighted by molar-refractivity contribution is 9.11. The predicted molar refractivity (Wildman–Crippen MR) is 80.7 cm³/mol. The van der Waals surface area contributed by atoms with Crippen LogP contribution in [-0.4, -0.2) is 16.7 Å². The van der Waals surface area contributed by atoms with Crippen LogP contribution in [0.2, 0.25) is 0 Å². The van der Waals surface area contributed by atoms with Crippen LogP contribution in [0.3, 0.4) is 0 Å². The Morgan fingerprint density at radius 2 is 2.05 bits per heavy atom. The second-order valence-corrected chi connectivity index (χ2v) is 5.96. The second kappa shape index (κ2) is 6.61. The normalized spacial score (nSPS) is 11.1. The van der Waals surface area contributed by atoms with Crippen molar-refractivity contribution >= 4 is 43.0 Å². The fourth-order valence-electron chi connectivity index (χ4n) is 1.73. The van der Waals surface area contributed by atoms with Crippen molar-refractivity contribution in [2.45, 2.75) is 32.6 Å². The smallest absolute Gasteiger partial charge is 0.394 e. The Morgan fingerprint density at radius 3 is 2.79 bits per heavy atom. The van der Waals surface area contributed by atoms with Crippen LogP contribution < -0.4 is 4.74 Å². The predicted octanol–water partition coefficient (Wildman–Crippen LogP) is 5.02. The third kappa shape index (κ3) is 3.42. The molecule has 0 aliphatic carbocycles. The number of benzene rings is 1. The molecule has 0 atom stereocenters. The lowest BCUT2D eigenvalue weighted by atomic mass is 10.2. The summed E-state index contributed by atoms with van der Waals surface area (Å²) in [5.41, 5.74) is 0.883. The second-order valence-electron chi connectivity index (χ2n) is 4.26. The maximum atomic E-state index is 9.89. The molecule has 0 unspecified atom stereocenters. The minimum Gasteiger partial charge on any atom is -0.504 e. The van der Waals surface area contributed by atoms with E-state index in [4.69, 9.17) is 9.15 Å². The third-order valence-electron chi connectivity index (χ3n) is 2.75. The molecule has 0 saturated heterocycles. The van der Waals surface area contributed by atoms with Gasteiger partial charge in [0, 0.05) is 0 Å². The topological polar surface area (TPSA) is 55.5 Å². The Balaban J connectivity index is 2.09. The highest BCUT2D eigenvalue weighted by Gasteiger charge is 2.16. The van der Waals surface area contributed by atoms with E-state index in [9.17, 15) is 5.11 Å². The van der Waals surface area contributed by atoms with Gasteiger partial charge in [0.05, 0.1) is 15.6 Å². The van der Waals surface area contributed by atoms with Crippen molar-refractivity contribution in [1.29, 1.82) is 0 Å². The zero-order chi connectivity index (χ0) is 13.8. The van der Waals surface area contributed by atoms with E-state index in [2.05, 4.69) is 43.8 Å². The number of hydrogen-bond acceptors (Lipinski definition) is 4. The molecule has 2 aromatic rings. The molecule has 0 fully saturated rings. The molecular formula is C13H15Br2NO3. The van der Waals surface area contributed by atoms with E-state index >= 15 is 0 Å². The van der Waals surface area contributed by atoms with Gasteiger partial charge in [-0.3, -0.25) is 0 Å². The fourth-order valence-corrected chi connectivity index (χ4v) is 2.95. The summed E-state index contributed by atoms with van der Waals surface area (Å²) in [4.78, 5) is 4.15. The molecule has 0 saturated carbocycles. The zero-order valence-electron chi connectivity index (χ0n) is 10.6. The van der Waals surface area contributed by atoms with Gasteiger partial charge >= 0.3 is 6.08 Å². The molecular weight excluding hydrogens is 378 g/mol. The van der Waals surface area contributed by atoms with E-state index in [0.717, 1.165) is 17.3 Å². The Hall–Kier alpha value is -0.750. The van der Waals surface area contributed by atoms with Gasteiger partial charge in [-0.15, -0.1) is 0 Å². The van der Waals surface area contributed by atoms with E-state index in [1.54, 1.807) is 6.07 Å². The number of oxazole rings is 1. The quantitative estimate of drug-likeness (QED) is 0.701. The van der Waals surface area contributed by atoms with Gasteiger partial charge < -0.3 is 14.3 Å². The van der Waals surface area contributed by atoms with Crippen LogP contribution in [-0.2, 0) is 0 Å². The van der Waals surface area contributed by atoms with Crippen LogP contribution in [0.5, 0.6) is 11.8 Å². The molecule has 0 radical (unpaired) electrons. The molecule has 0 amide bonds. The monoisotopic (exact) mass is 391 g/mol. The Labute approximate surface area is 128 Å². The molecule has 19 heavy (non-hydrogen) atoms. The average molecular weight is 393 g/mol. The summed E-state index contributed by atoms with van der Waals surface area (Å²) in [6.07, 6.45) is 4.70. The first-order valence-corrected chi connectivity index (χ1v) is 7.82. The lowest BCUT2D eigenvalue weighted by molar-refractivity contribution is 0.230. The van der Waals surface area contributed by atoms with Crippen LogP contribution in [0, 0.1) is 0 Å². The number of aromatic hydroxyl groups is 1. The number of aromatic nitrogens is 1. The van der Waals surface area contributed by atoms with Crippen molar-refractivity contribution < 1.29 is 14.3 Å². The fraction of sp³-hybridized carbons (Fsp3) is 0.462. The Kier molecular flexibility index (Phi) is 5.10. The summed E-state index contributed by atoms with van der Waals surface area (Å²) in [7, 11) is 0. The van der Waals surface area contributed by atoms with Crippen molar-refractivity contribution in [1.82, 2.24) is 4.98 Å². The van der Waals surface area contributed by atoms with E-state index in [0.29, 0.717) is 22.2 Å². The number of fused-ring (bicyclic) bond motifs is 1. The molecule has 0 bridgehead atoms. The van der Waals surface area contributed by atoms with Gasteiger partial charge in [0.1, 0.15) is 0 Å². The minimum atomic E-state index is 0.0581. The van der Waals surface area contributed by atoms with Crippen molar-refractivity contribution in [3.63, 3.8) is 0 Å². The van der Waals surface area contributed by atoms with Gasteiger partial charge in [0.25, 0.3) is 0 Å². The number of phenolic OH excluding ortho intramolecular Hbond substituents is 1. The molecule has 4 nitrogen and oxygen atoms in total. The van der Waals surface area contributed by atoms with Crippen LogP contribution >= 0.6 is 31.9 Å². The van der Waals surface area contributed by atoms with Gasteiger partial charge in [-0.2, -0.15) is 4.98 Å². The minimum absolute atomic E-state index is 0.0581. The third-order valence-corrected chi connectivity index (χ3v) is 3.95. The van der Waals surface area contributed by atoms with E-state index in [1.807, 2.05) is 0 Å². The average Bonchev–Trinajstić information content (AvgIpc) is 2.81. The maximum absolute atomic E-state index is 9.89. The first-order chi connectivity index (χ1) is 9.13. The standard InChI is InChI=1S/C13H15Br2NO3/c1-2-3-4-5-6-18-13-16-10-11(17)8(14)7-9(15)12(10)19-13/h7,17H,2-6H2,1H3. The van der Waals surface area contributed by atoms with Gasteiger partial charge in [0.2, 0.25) is 0 Å². The van der Waals surface area contributed by atoms with Crippen molar-refractivity contribution in [3.8, 4) is 11.8 Å². The lowest BCUT2D eigenvalue weighted by Crippen LogP contribution is -1.96. The van der Waals surface area contributed by atoms with Crippen LogP contribution in [0.4, 0.5) is 0 Å². The summed E-state index contributed by atoms with van der Waals surface area (Å²) in [6, 6.07) is 1.72. The van der Waals surface area contributed by atoms with Crippen molar-refractivity contribution in [3.05, 3.63) is 15.0 Å². The molecule has 6 heteroatoms. The number of phenols is 1. The highest BCUT2D eigenvalue weighted by atomic mass is 79.9. The van der Waals surface area contributed by atoms with Gasteiger partial charge in [-0.05, 0) is 44.3 Å². The van der Waals surface area contributed by atoms with Gasteiger partial charge in [-0.1, -0.05) is 26.2 Å². The summed E-state index contributed by atoms with van der Waals surface area (Å²) < 4.78 is 12.2.